The molecule has 3 unspecified atom stereocenters. The van der Waals surface area contributed by atoms with E-state index in [9.17, 15) is 14.4 Å². The summed E-state index contributed by atoms with van der Waals surface area (Å²) in [5, 5.41) is 9.87. The van der Waals surface area contributed by atoms with Crippen molar-refractivity contribution < 1.29 is 27.8 Å². The van der Waals surface area contributed by atoms with Crippen molar-refractivity contribution in [3.8, 4) is 0 Å². The van der Waals surface area contributed by atoms with E-state index in [0.29, 0.717) is 52.7 Å². The summed E-state index contributed by atoms with van der Waals surface area (Å²) in [4.78, 5) is 43.3. The monoisotopic (exact) mass is 867 g/mol. The first-order chi connectivity index (χ1) is 28.9. The number of rotatable bonds is 42. The molecule has 3 N–H and O–H groups in total. The predicted molar refractivity (Wildman–Crippen MR) is 263 cm³/mol. The third-order valence-corrected chi connectivity index (χ3v) is 12.9. The Morgan fingerprint density at radius 2 is 0.541 bits per heavy atom. The van der Waals surface area contributed by atoms with Crippen LogP contribution >= 0.6 is 0 Å². The quantitative estimate of drug-likeness (QED) is 0.0422. The lowest BCUT2D eigenvalue weighted by Gasteiger charge is -2.34. The molecule has 0 aliphatic rings. The van der Waals surface area contributed by atoms with Crippen molar-refractivity contribution in [2.24, 2.45) is 0 Å². The van der Waals surface area contributed by atoms with Crippen molar-refractivity contribution in [1.82, 2.24) is 20.9 Å². The highest BCUT2D eigenvalue weighted by Crippen LogP contribution is 2.18. The first-order valence-electron chi connectivity index (χ1n) is 25.9. The van der Waals surface area contributed by atoms with Crippen LogP contribution in [0.1, 0.15) is 194 Å². The fraction of sp³-hybridized carbons (Fsp3) is 0.941. The van der Waals surface area contributed by atoms with Gasteiger partial charge in [-0.2, -0.15) is 0 Å². The van der Waals surface area contributed by atoms with E-state index in [1.807, 2.05) is 0 Å². The number of unbranched alkanes of at least 4 members (excludes halogenated alkanes) is 21. The fourth-order valence-corrected chi connectivity index (χ4v) is 8.73. The molecule has 0 heterocycles. The van der Waals surface area contributed by atoms with Gasteiger partial charge in [0.2, 0.25) is 0 Å². The smallest absolute Gasteiger partial charge is 0.278 e. The number of hydrogen-bond donors (Lipinski definition) is 3. The van der Waals surface area contributed by atoms with Crippen LogP contribution in [-0.4, -0.2) is 157 Å². The number of likely N-dealkylation sites (N-methyl/N-ethyl adjacent to an activating group) is 3. The number of carbonyl (C=O) groups is 3. The number of hydrogen-bond acceptors (Lipinski definition) is 4. The summed E-state index contributed by atoms with van der Waals surface area (Å²) in [6, 6.07) is -0.266. The normalized spacial score (nSPS) is 13.9. The highest BCUT2D eigenvalue weighted by Gasteiger charge is 2.33. The summed E-state index contributed by atoms with van der Waals surface area (Å²) >= 11 is 0. The molecular formula is C51H108N7O3+3. The maximum Gasteiger partial charge on any atom is 0.278 e. The van der Waals surface area contributed by atoms with Crippen molar-refractivity contribution in [1.29, 1.82) is 0 Å². The zero-order valence-corrected chi connectivity index (χ0v) is 43.1. The zero-order chi connectivity index (χ0) is 46.0. The van der Waals surface area contributed by atoms with E-state index >= 15 is 0 Å². The third-order valence-electron chi connectivity index (χ3n) is 12.9. The molecule has 0 saturated carbocycles. The summed E-state index contributed by atoms with van der Waals surface area (Å²) in [6.07, 6.45) is 32.9. The van der Waals surface area contributed by atoms with Crippen LogP contribution in [0.25, 0.3) is 0 Å². The van der Waals surface area contributed by atoms with Gasteiger partial charge in [0.1, 0.15) is 0 Å². The van der Waals surface area contributed by atoms with Crippen molar-refractivity contribution in [2.45, 2.75) is 212 Å². The van der Waals surface area contributed by atoms with Gasteiger partial charge in [-0.3, -0.25) is 19.3 Å². The van der Waals surface area contributed by atoms with Gasteiger partial charge >= 0.3 is 0 Å². The van der Waals surface area contributed by atoms with E-state index in [1.54, 1.807) is 0 Å². The largest absolute Gasteiger partial charge is 0.350 e. The van der Waals surface area contributed by atoms with Crippen LogP contribution in [0, 0.1) is 0 Å². The Balaban J connectivity index is 5.47. The second-order valence-corrected chi connectivity index (χ2v) is 21.4. The second kappa shape index (κ2) is 35.6. The van der Waals surface area contributed by atoms with Gasteiger partial charge in [0, 0.05) is 58.5 Å². The molecule has 0 radical (unpaired) electrons. The number of nitrogens with zero attached hydrogens (tertiary/aromatic N) is 4. The zero-order valence-electron chi connectivity index (χ0n) is 43.1. The van der Waals surface area contributed by atoms with Crippen LogP contribution in [0.15, 0.2) is 0 Å². The van der Waals surface area contributed by atoms with Crippen molar-refractivity contribution >= 4 is 17.7 Å². The Morgan fingerprint density at radius 3 is 0.738 bits per heavy atom. The Labute approximate surface area is 380 Å². The van der Waals surface area contributed by atoms with E-state index in [4.69, 9.17) is 0 Å². The first kappa shape index (κ1) is 59.2. The lowest BCUT2D eigenvalue weighted by atomic mass is 10.0. The lowest BCUT2D eigenvalue weighted by Crippen LogP contribution is -2.56. The highest BCUT2D eigenvalue weighted by molar-refractivity contribution is 5.81. The average Bonchev–Trinajstić information content (AvgIpc) is 3.17. The molecule has 0 bridgehead atoms. The van der Waals surface area contributed by atoms with Crippen LogP contribution in [0.4, 0.5) is 0 Å². The highest BCUT2D eigenvalue weighted by atomic mass is 16.2. The molecular weight excluding hydrogens is 759 g/mol. The van der Waals surface area contributed by atoms with Gasteiger partial charge in [-0.25, -0.2) is 0 Å². The Bertz CT molecular complexity index is 948. The molecule has 61 heavy (non-hydrogen) atoms. The average molecular weight is 867 g/mol. The van der Waals surface area contributed by atoms with Crippen LogP contribution in [0.3, 0.4) is 0 Å². The molecule has 0 aliphatic heterocycles. The molecule has 0 aromatic rings. The van der Waals surface area contributed by atoms with Gasteiger partial charge < -0.3 is 29.4 Å². The summed E-state index contributed by atoms with van der Waals surface area (Å²) in [5.41, 5.74) is 0. The van der Waals surface area contributed by atoms with Gasteiger partial charge in [0.15, 0.2) is 18.1 Å². The van der Waals surface area contributed by atoms with Crippen LogP contribution in [0.2, 0.25) is 0 Å². The molecule has 3 amide bonds. The fourth-order valence-electron chi connectivity index (χ4n) is 8.73. The van der Waals surface area contributed by atoms with E-state index < -0.39 is 0 Å². The van der Waals surface area contributed by atoms with Crippen LogP contribution < -0.4 is 16.0 Å². The van der Waals surface area contributed by atoms with E-state index in [2.05, 4.69) is 105 Å². The molecule has 0 aromatic heterocycles. The third kappa shape index (κ3) is 31.7. The number of nitrogens with one attached hydrogen (secondary N) is 3. The van der Waals surface area contributed by atoms with Gasteiger partial charge in [0.25, 0.3) is 17.7 Å². The molecule has 0 saturated heterocycles. The molecule has 0 aromatic carbocycles. The van der Waals surface area contributed by atoms with Gasteiger partial charge in [-0.1, -0.05) is 156 Å². The minimum atomic E-state index is -0.0888. The topological polar surface area (TPSA) is 90.5 Å². The molecule has 0 aliphatic carbocycles. The minimum Gasteiger partial charge on any atom is -0.350 e. The van der Waals surface area contributed by atoms with E-state index in [-0.39, 0.29) is 35.8 Å². The maximum absolute atomic E-state index is 13.7. The van der Waals surface area contributed by atoms with Crippen LogP contribution in [-0.2, 0) is 14.4 Å². The van der Waals surface area contributed by atoms with Crippen molar-refractivity contribution in [3.05, 3.63) is 0 Å². The molecule has 3 atom stereocenters. The van der Waals surface area contributed by atoms with Gasteiger partial charge in [-0.05, 0) is 19.3 Å². The van der Waals surface area contributed by atoms with Crippen molar-refractivity contribution in [2.75, 3.05) is 103 Å². The summed E-state index contributed by atoms with van der Waals surface area (Å²) in [7, 11) is 19.2. The SMILES string of the molecule is CCCCCCCCCCC(C(=O)NCCN(CCNC(=O)C(CCCCCCCCCC)[N+](C)(C)C)CCNC(=O)C(CCCCCCCCCC)[N+](C)(C)C)[N+](C)(C)C. The van der Waals surface area contributed by atoms with Gasteiger partial charge in [0.05, 0.1) is 63.4 Å². The molecule has 0 rings (SSSR count). The standard InChI is InChI=1S/C51H105N7O3/c1-13-16-19-22-25-28-31-34-37-46(56(4,5)6)49(59)52-40-43-55(44-41-53-50(60)47(57(7,8)9)38-35-32-29-26-23-20-17-14-2)45-42-54-51(61)48(58(10,11)12)39-36-33-30-27-24-21-18-15-3/h46-48H,13-45H2,1-12H3/p+3. The Morgan fingerprint density at radius 1 is 0.344 bits per heavy atom. The molecule has 10 nitrogen and oxygen atoms in total. The Hall–Kier alpha value is -1.75. The molecule has 0 spiro atoms. The second-order valence-electron chi connectivity index (χ2n) is 21.4. The first-order valence-corrected chi connectivity index (χ1v) is 25.9. The van der Waals surface area contributed by atoms with E-state index in [0.717, 1.165) is 38.5 Å². The van der Waals surface area contributed by atoms with E-state index in [1.165, 1.54) is 135 Å². The summed E-state index contributed by atoms with van der Waals surface area (Å²) < 4.78 is 1.84. The van der Waals surface area contributed by atoms with Crippen LogP contribution in [0.5, 0.6) is 0 Å². The van der Waals surface area contributed by atoms with Crippen molar-refractivity contribution in [3.63, 3.8) is 0 Å². The molecule has 0 fully saturated rings. The number of quaternary nitrogens is 3. The summed E-state index contributed by atoms with van der Waals surface area (Å²) in [5.74, 6) is 0.362. The minimum absolute atomic E-state index is 0.0888. The summed E-state index contributed by atoms with van der Waals surface area (Å²) in [6.45, 7) is 10.4. The predicted octanol–water partition coefficient (Wildman–Crippen LogP) is 9.45. The molecule has 362 valence electrons. The van der Waals surface area contributed by atoms with Gasteiger partial charge in [-0.15, -0.1) is 0 Å². The number of amides is 3. The lowest BCUT2D eigenvalue weighted by molar-refractivity contribution is -0.886. The number of carbonyl (C=O) groups excluding carboxylic acids is 3. The Kier molecular flexibility index (Phi) is 34.6. The maximum atomic E-state index is 13.7. The molecule has 10 heteroatoms.